The van der Waals surface area contributed by atoms with Gasteiger partial charge in [-0.2, -0.15) is 5.10 Å². The average Bonchev–Trinajstić information content (AvgIpc) is 2.50. The minimum Gasteiger partial charge on any atom is -0.368 e. The molecule has 5 nitrogen and oxygen atoms in total. The standard InChI is InChI=1S/C7H9N5/c1-2-9-6-5-3-8-4-10-7(5)12-11-6/h3-4H,2H2,1H3,(H2,8,9,10,11,12). The maximum atomic E-state index is 4.05. The minimum atomic E-state index is 0.765. The Hall–Kier alpha value is -1.65. The Labute approximate surface area is 69.2 Å². The Morgan fingerprint density at radius 1 is 1.58 bits per heavy atom. The van der Waals surface area contributed by atoms with Crippen LogP contribution in [-0.2, 0) is 0 Å². The fourth-order valence-corrected chi connectivity index (χ4v) is 1.06. The largest absolute Gasteiger partial charge is 0.368 e. The number of nitrogens with one attached hydrogen (secondary N) is 2. The van der Waals surface area contributed by atoms with Gasteiger partial charge in [0, 0.05) is 12.7 Å². The lowest BCUT2D eigenvalue weighted by molar-refractivity contribution is 1.07. The molecular weight excluding hydrogens is 154 g/mol. The van der Waals surface area contributed by atoms with E-state index in [-0.39, 0.29) is 0 Å². The van der Waals surface area contributed by atoms with Crippen LogP contribution in [-0.4, -0.2) is 26.7 Å². The van der Waals surface area contributed by atoms with Crippen molar-refractivity contribution in [3.8, 4) is 0 Å². The molecule has 62 valence electrons. The predicted molar refractivity (Wildman–Crippen MR) is 45.8 cm³/mol. The van der Waals surface area contributed by atoms with Gasteiger partial charge in [-0.25, -0.2) is 9.97 Å². The van der Waals surface area contributed by atoms with Crippen molar-refractivity contribution >= 4 is 16.9 Å². The van der Waals surface area contributed by atoms with Crippen LogP contribution >= 0.6 is 0 Å². The summed E-state index contributed by atoms with van der Waals surface area (Å²) >= 11 is 0. The number of hydrogen-bond acceptors (Lipinski definition) is 4. The van der Waals surface area contributed by atoms with Crippen LogP contribution in [0, 0.1) is 0 Å². The van der Waals surface area contributed by atoms with E-state index >= 15 is 0 Å². The highest BCUT2D eigenvalue weighted by Crippen LogP contribution is 2.15. The maximum Gasteiger partial charge on any atom is 0.160 e. The molecule has 0 radical (unpaired) electrons. The van der Waals surface area contributed by atoms with Gasteiger partial charge in [0.1, 0.15) is 6.33 Å². The molecule has 0 aromatic carbocycles. The first-order valence-corrected chi connectivity index (χ1v) is 3.79. The number of nitrogens with zero attached hydrogens (tertiary/aromatic N) is 3. The lowest BCUT2D eigenvalue weighted by atomic mass is 10.4. The van der Waals surface area contributed by atoms with Gasteiger partial charge in [-0.05, 0) is 6.92 Å². The quantitative estimate of drug-likeness (QED) is 0.686. The summed E-state index contributed by atoms with van der Waals surface area (Å²) in [4.78, 5) is 7.93. The number of anilines is 1. The van der Waals surface area contributed by atoms with Gasteiger partial charge in [0.15, 0.2) is 11.5 Å². The van der Waals surface area contributed by atoms with Gasteiger partial charge in [0.05, 0.1) is 5.39 Å². The fourth-order valence-electron chi connectivity index (χ4n) is 1.06. The molecule has 0 bridgehead atoms. The number of H-pyrrole nitrogens is 1. The minimum absolute atomic E-state index is 0.765. The van der Waals surface area contributed by atoms with Crippen LogP contribution in [0.5, 0.6) is 0 Å². The second-order valence-corrected chi connectivity index (χ2v) is 2.39. The Kier molecular flexibility index (Phi) is 1.62. The van der Waals surface area contributed by atoms with Gasteiger partial charge < -0.3 is 5.32 Å². The Balaban J connectivity index is 2.55. The van der Waals surface area contributed by atoms with E-state index in [1.54, 1.807) is 6.20 Å². The van der Waals surface area contributed by atoms with Gasteiger partial charge >= 0.3 is 0 Å². The van der Waals surface area contributed by atoms with Crippen molar-refractivity contribution in [2.24, 2.45) is 0 Å². The number of hydrogen-bond donors (Lipinski definition) is 2. The molecule has 0 saturated heterocycles. The van der Waals surface area contributed by atoms with Crippen molar-refractivity contribution in [3.63, 3.8) is 0 Å². The highest BCUT2D eigenvalue weighted by Gasteiger charge is 2.03. The highest BCUT2D eigenvalue weighted by atomic mass is 15.2. The smallest absolute Gasteiger partial charge is 0.160 e. The van der Waals surface area contributed by atoms with Crippen LogP contribution in [0.1, 0.15) is 6.92 Å². The summed E-state index contributed by atoms with van der Waals surface area (Å²) < 4.78 is 0. The van der Waals surface area contributed by atoms with Gasteiger partial charge in [-0.1, -0.05) is 0 Å². The molecule has 0 aliphatic rings. The van der Waals surface area contributed by atoms with Crippen molar-refractivity contribution < 1.29 is 0 Å². The molecule has 2 aromatic heterocycles. The lowest BCUT2D eigenvalue weighted by Crippen LogP contribution is -1.96. The van der Waals surface area contributed by atoms with Crippen LogP contribution in [0.15, 0.2) is 12.5 Å². The molecule has 5 heteroatoms. The summed E-state index contributed by atoms with van der Waals surface area (Å²) in [5, 5.41) is 10.9. The van der Waals surface area contributed by atoms with Crippen molar-refractivity contribution in [2.75, 3.05) is 11.9 Å². The summed E-state index contributed by atoms with van der Waals surface area (Å²) in [6.45, 7) is 2.86. The number of rotatable bonds is 2. The van der Waals surface area contributed by atoms with Crippen LogP contribution in [0.3, 0.4) is 0 Å². The van der Waals surface area contributed by atoms with E-state index < -0.39 is 0 Å². The molecule has 2 N–H and O–H groups in total. The zero-order valence-electron chi connectivity index (χ0n) is 6.70. The molecule has 0 spiro atoms. The summed E-state index contributed by atoms with van der Waals surface area (Å²) in [5.41, 5.74) is 0.765. The SMILES string of the molecule is CCNc1n[nH]c2ncncc12. The van der Waals surface area contributed by atoms with E-state index in [1.807, 2.05) is 6.92 Å². The monoisotopic (exact) mass is 163 g/mol. The van der Waals surface area contributed by atoms with Crippen LogP contribution in [0.4, 0.5) is 5.82 Å². The first kappa shape index (κ1) is 7.02. The van der Waals surface area contributed by atoms with E-state index in [1.165, 1.54) is 6.33 Å². The molecule has 2 rings (SSSR count). The molecule has 0 atom stereocenters. The molecule has 0 saturated carbocycles. The number of fused-ring (bicyclic) bond motifs is 1. The van der Waals surface area contributed by atoms with E-state index in [2.05, 4.69) is 25.5 Å². The van der Waals surface area contributed by atoms with Crippen molar-refractivity contribution in [1.82, 2.24) is 20.2 Å². The van der Waals surface area contributed by atoms with Crippen molar-refractivity contribution in [3.05, 3.63) is 12.5 Å². The highest BCUT2D eigenvalue weighted by molar-refractivity contribution is 5.85. The summed E-state index contributed by atoms with van der Waals surface area (Å²) in [5.74, 6) is 0.813. The van der Waals surface area contributed by atoms with Gasteiger partial charge in [-0.15, -0.1) is 0 Å². The van der Waals surface area contributed by atoms with E-state index in [4.69, 9.17) is 0 Å². The average molecular weight is 163 g/mol. The zero-order chi connectivity index (χ0) is 8.39. The molecule has 0 aliphatic heterocycles. The molecule has 2 heterocycles. The van der Waals surface area contributed by atoms with Crippen LogP contribution in [0.25, 0.3) is 11.0 Å². The normalized spacial score (nSPS) is 10.4. The lowest BCUT2D eigenvalue weighted by Gasteiger charge is -1.95. The maximum absolute atomic E-state index is 4.05. The topological polar surface area (TPSA) is 66.5 Å². The van der Waals surface area contributed by atoms with Gasteiger partial charge in [0.2, 0.25) is 0 Å². The third-order valence-electron chi connectivity index (χ3n) is 1.59. The van der Waals surface area contributed by atoms with Gasteiger partial charge in [-0.3, -0.25) is 5.10 Å². The fraction of sp³-hybridized carbons (Fsp3) is 0.286. The van der Waals surface area contributed by atoms with Crippen LogP contribution in [0.2, 0.25) is 0 Å². The van der Waals surface area contributed by atoms with Crippen LogP contribution < -0.4 is 5.32 Å². The van der Waals surface area contributed by atoms with E-state index in [9.17, 15) is 0 Å². The van der Waals surface area contributed by atoms with Crippen molar-refractivity contribution in [1.29, 1.82) is 0 Å². The molecule has 0 fully saturated rings. The summed E-state index contributed by atoms with van der Waals surface area (Å²) in [6.07, 6.45) is 3.24. The second kappa shape index (κ2) is 2.77. The third kappa shape index (κ3) is 0.990. The molecule has 0 unspecified atom stereocenters. The predicted octanol–water partition coefficient (Wildman–Crippen LogP) is 0.785. The molecule has 2 aromatic rings. The first-order valence-electron chi connectivity index (χ1n) is 3.79. The Bertz CT molecular complexity index is 380. The number of aromatic nitrogens is 4. The molecule has 0 aliphatic carbocycles. The number of aromatic amines is 1. The molecular formula is C7H9N5. The molecule has 0 amide bonds. The second-order valence-electron chi connectivity index (χ2n) is 2.39. The zero-order valence-corrected chi connectivity index (χ0v) is 6.70. The summed E-state index contributed by atoms with van der Waals surface area (Å²) in [7, 11) is 0. The Morgan fingerprint density at radius 3 is 3.33 bits per heavy atom. The third-order valence-corrected chi connectivity index (χ3v) is 1.59. The molecule has 12 heavy (non-hydrogen) atoms. The van der Waals surface area contributed by atoms with E-state index in [0.29, 0.717) is 0 Å². The van der Waals surface area contributed by atoms with Crippen molar-refractivity contribution in [2.45, 2.75) is 6.92 Å². The van der Waals surface area contributed by atoms with Gasteiger partial charge in [0.25, 0.3) is 0 Å². The first-order chi connectivity index (χ1) is 5.92. The Morgan fingerprint density at radius 2 is 2.50 bits per heavy atom. The van der Waals surface area contributed by atoms with E-state index in [0.717, 1.165) is 23.4 Å². The summed E-state index contributed by atoms with van der Waals surface area (Å²) in [6, 6.07) is 0.